The van der Waals surface area contributed by atoms with Crippen LogP contribution in [0.5, 0.6) is 0 Å². The highest BCUT2D eigenvalue weighted by Gasteiger charge is 2.08. The van der Waals surface area contributed by atoms with Crippen LogP contribution in [0.2, 0.25) is 0 Å². The Bertz CT molecular complexity index is 346. The molecule has 0 aromatic carbocycles. The summed E-state index contributed by atoms with van der Waals surface area (Å²) in [7, 11) is 0. The summed E-state index contributed by atoms with van der Waals surface area (Å²) >= 11 is 1.79. The lowest BCUT2D eigenvalue weighted by atomic mass is 10.2. The average molecular weight is 221 g/mol. The number of thioether (sulfide) groups is 1. The smallest absolute Gasteiger partial charge is 0.144 e. The number of anilines is 1. The molecule has 0 aliphatic rings. The van der Waals surface area contributed by atoms with Crippen LogP contribution in [0.25, 0.3) is 0 Å². The summed E-state index contributed by atoms with van der Waals surface area (Å²) < 4.78 is 0. The van der Waals surface area contributed by atoms with Gasteiger partial charge in [0.15, 0.2) is 0 Å². The van der Waals surface area contributed by atoms with E-state index in [0.717, 1.165) is 12.2 Å². The molecular weight excluding hydrogens is 206 g/mol. The van der Waals surface area contributed by atoms with Crippen molar-refractivity contribution in [1.29, 1.82) is 5.26 Å². The highest BCUT2D eigenvalue weighted by molar-refractivity contribution is 7.98. The molecule has 1 rings (SSSR count). The summed E-state index contributed by atoms with van der Waals surface area (Å²) in [6.45, 7) is 2.13. The van der Waals surface area contributed by atoms with Crippen molar-refractivity contribution in [3.8, 4) is 6.07 Å². The lowest BCUT2D eigenvalue weighted by Gasteiger charge is -2.16. The van der Waals surface area contributed by atoms with Crippen molar-refractivity contribution in [3.63, 3.8) is 0 Å². The van der Waals surface area contributed by atoms with E-state index < -0.39 is 0 Å². The second-order valence-corrected chi connectivity index (χ2v) is 4.13. The Morgan fingerprint density at radius 1 is 1.67 bits per heavy atom. The van der Waals surface area contributed by atoms with E-state index in [1.165, 1.54) is 0 Å². The van der Waals surface area contributed by atoms with E-state index in [4.69, 9.17) is 5.26 Å². The Balaban J connectivity index is 2.74. The summed E-state index contributed by atoms with van der Waals surface area (Å²) in [6, 6.07) is 6.07. The summed E-state index contributed by atoms with van der Waals surface area (Å²) in [5.74, 6) is 1.72. The molecule has 0 bridgehead atoms. The van der Waals surface area contributed by atoms with Gasteiger partial charge in [-0.15, -0.1) is 0 Å². The molecule has 0 saturated heterocycles. The molecule has 1 heterocycles. The Morgan fingerprint density at radius 2 is 2.47 bits per heavy atom. The van der Waals surface area contributed by atoms with Crippen LogP contribution in [-0.4, -0.2) is 23.0 Å². The van der Waals surface area contributed by atoms with E-state index in [1.807, 2.05) is 0 Å². The first kappa shape index (κ1) is 11.9. The van der Waals surface area contributed by atoms with Gasteiger partial charge in [-0.25, -0.2) is 4.98 Å². The zero-order valence-corrected chi connectivity index (χ0v) is 9.84. The van der Waals surface area contributed by atoms with Crippen LogP contribution >= 0.6 is 11.8 Å². The molecule has 1 atom stereocenters. The third-order valence-corrected chi connectivity index (χ3v) is 2.87. The van der Waals surface area contributed by atoms with Gasteiger partial charge in [0.1, 0.15) is 11.9 Å². The van der Waals surface area contributed by atoms with Gasteiger partial charge < -0.3 is 5.32 Å². The minimum Gasteiger partial charge on any atom is -0.365 e. The van der Waals surface area contributed by atoms with Crippen LogP contribution in [0.4, 0.5) is 5.82 Å². The number of rotatable bonds is 5. The number of nitrogens with one attached hydrogen (secondary N) is 1. The maximum absolute atomic E-state index is 8.90. The molecule has 4 heteroatoms. The molecule has 1 aromatic heterocycles. The maximum Gasteiger partial charge on any atom is 0.144 e. The molecule has 3 nitrogen and oxygen atoms in total. The number of nitrogens with zero attached hydrogens (tertiary/aromatic N) is 2. The third kappa shape index (κ3) is 3.45. The Labute approximate surface area is 94.9 Å². The first-order chi connectivity index (χ1) is 7.31. The number of aromatic nitrogens is 1. The van der Waals surface area contributed by atoms with E-state index in [1.54, 1.807) is 30.1 Å². The van der Waals surface area contributed by atoms with Crippen LogP contribution in [-0.2, 0) is 0 Å². The van der Waals surface area contributed by atoms with Gasteiger partial charge in [0.2, 0.25) is 0 Å². The standard InChI is InChI=1S/C11H15N3S/c1-3-10(8-15-2)14-11-9(7-12)5-4-6-13-11/h4-6,10H,3,8H2,1-2H3,(H,13,14). The first-order valence-electron chi connectivity index (χ1n) is 4.92. The minimum absolute atomic E-state index is 0.377. The topological polar surface area (TPSA) is 48.7 Å². The molecule has 0 fully saturated rings. The monoisotopic (exact) mass is 221 g/mol. The molecule has 1 N–H and O–H groups in total. The normalized spacial score (nSPS) is 11.8. The van der Waals surface area contributed by atoms with Crippen molar-refractivity contribution in [1.82, 2.24) is 4.98 Å². The van der Waals surface area contributed by atoms with Gasteiger partial charge in [0.05, 0.1) is 5.56 Å². The van der Waals surface area contributed by atoms with Crippen molar-refractivity contribution in [3.05, 3.63) is 23.9 Å². The van der Waals surface area contributed by atoms with Gasteiger partial charge >= 0.3 is 0 Å². The van der Waals surface area contributed by atoms with E-state index in [9.17, 15) is 0 Å². The van der Waals surface area contributed by atoms with Gasteiger partial charge in [0.25, 0.3) is 0 Å². The zero-order chi connectivity index (χ0) is 11.1. The molecule has 0 aliphatic heterocycles. The third-order valence-electron chi connectivity index (χ3n) is 2.13. The quantitative estimate of drug-likeness (QED) is 0.830. The summed E-state index contributed by atoms with van der Waals surface area (Å²) in [6.07, 6.45) is 4.81. The van der Waals surface area contributed by atoms with Gasteiger partial charge in [-0.3, -0.25) is 0 Å². The molecule has 1 aromatic rings. The van der Waals surface area contributed by atoms with Gasteiger partial charge in [-0.2, -0.15) is 17.0 Å². The Hall–Kier alpha value is -1.21. The van der Waals surface area contributed by atoms with E-state index in [0.29, 0.717) is 17.4 Å². The van der Waals surface area contributed by atoms with Crippen molar-refractivity contribution in [2.24, 2.45) is 0 Å². The van der Waals surface area contributed by atoms with Crippen LogP contribution in [0, 0.1) is 11.3 Å². The van der Waals surface area contributed by atoms with Crippen LogP contribution in [0.1, 0.15) is 18.9 Å². The van der Waals surface area contributed by atoms with Crippen LogP contribution in [0.15, 0.2) is 18.3 Å². The van der Waals surface area contributed by atoms with Crippen molar-refractivity contribution >= 4 is 17.6 Å². The maximum atomic E-state index is 8.90. The number of hydrogen-bond acceptors (Lipinski definition) is 4. The average Bonchev–Trinajstić information content (AvgIpc) is 2.29. The fourth-order valence-corrected chi connectivity index (χ4v) is 1.99. The number of hydrogen-bond donors (Lipinski definition) is 1. The van der Waals surface area contributed by atoms with E-state index in [2.05, 4.69) is 29.5 Å². The SMILES string of the molecule is CCC(CSC)Nc1ncccc1C#N. The Morgan fingerprint density at radius 3 is 3.07 bits per heavy atom. The lowest BCUT2D eigenvalue weighted by molar-refractivity contribution is 0.769. The van der Waals surface area contributed by atoms with Gasteiger partial charge in [0, 0.05) is 18.0 Å². The molecular formula is C11H15N3S. The molecule has 0 aliphatic carbocycles. The molecule has 0 saturated carbocycles. The molecule has 1 unspecified atom stereocenters. The molecule has 0 amide bonds. The van der Waals surface area contributed by atoms with E-state index in [-0.39, 0.29) is 0 Å². The molecule has 80 valence electrons. The highest BCUT2D eigenvalue weighted by Crippen LogP contribution is 2.13. The van der Waals surface area contributed by atoms with Crippen molar-refractivity contribution in [2.45, 2.75) is 19.4 Å². The van der Waals surface area contributed by atoms with Crippen LogP contribution in [0.3, 0.4) is 0 Å². The lowest BCUT2D eigenvalue weighted by Crippen LogP contribution is -2.22. The van der Waals surface area contributed by atoms with Crippen LogP contribution < -0.4 is 5.32 Å². The van der Waals surface area contributed by atoms with Crippen molar-refractivity contribution in [2.75, 3.05) is 17.3 Å². The minimum atomic E-state index is 0.377. The molecule has 0 radical (unpaired) electrons. The number of nitriles is 1. The van der Waals surface area contributed by atoms with Gasteiger partial charge in [-0.1, -0.05) is 6.92 Å². The predicted molar refractivity (Wildman–Crippen MR) is 65.0 cm³/mol. The van der Waals surface area contributed by atoms with Gasteiger partial charge in [-0.05, 0) is 24.8 Å². The fraction of sp³-hybridized carbons (Fsp3) is 0.455. The zero-order valence-electron chi connectivity index (χ0n) is 9.03. The molecule has 0 spiro atoms. The predicted octanol–water partition coefficient (Wildman–Crippen LogP) is 2.51. The molecule has 15 heavy (non-hydrogen) atoms. The second kappa shape index (κ2) is 6.31. The number of pyridine rings is 1. The summed E-state index contributed by atoms with van der Waals surface area (Å²) in [5, 5.41) is 12.2. The Kier molecular flexibility index (Phi) is 4.99. The van der Waals surface area contributed by atoms with Crippen molar-refractivity contribution < 1.29 is 0 Å². The first-order valence-corrected chi connectivity index (χ1v) is 6.31. The summed E-state index contributed by atoms with van der Waals surface area (Å²) in [4.78, 5) is 4.18. The fourth-order valence-electron chi connectivity index (χ4n) is 1.27. The largest absolute Gasteiger partial charge is 0.365 e. The highest BCUT2D eigenvalue weighted by atomic mass is 32.2. The van der Waals surface area contributed by atoms with E-state index >= 15 is 0 Å². The second-order valence-electron chi connectivity index (χ2n) is 3.22. The summed E-state index contributed by atoms with van der Waals surface area (Å²) in [5.41, 5.74) is 0.608.